The van der Waals surface area contributed by atoms with Crippen molar-refractivity contribution in [2.45, 2.75) is 5.41 Å². The van der Waals surface area contributed by atoms with Gasteiger partial charge in [-0.25, -0.2) is 0 Å². The number of fused-ring (bicyclic) bond motifs is 6. The van der Waals surface area contributed by atoms with E-state index in [2.05, 4.69) is 254 Å². The van der Waals surface area contributed by atoms with Crippen LogP contribution in [0.2, 0.25) is 0 Å². The lowest BCUT2D eigenvalue weighted by Crippen LogP contribution is -2.28. The van der Waals surface area contributed by atoms with Crippen LogP contribution in [0.15, 0.2) is 249 Å². The van der Waals surface area contributed by atoms with Crippen LogP contribution in [-0.2, 0) is 5.41 Å². The molecular weight excluding hydrogens is 779 g/mol. The van der Waals surface area contributed by atoms with Gasteiger partial charge in [0, 0.05) is 37.2 Å². The highest BCUT2D eigenvalue weighted by atomic mass is 32.1. The van der Waals surface area contributed by atoms with Gasteiger partial charge < -0.3 is 4.90 Å². The molecule has 0 amide bonds. The summed E-state index contributed by atoms with van der Waals surface area (Å²) in [5.74, 6) is 0. The Morgan fingerprint density at radius 3 is 1.30 bits per heavy atom. The molecule has 1 aliphatic carbocycles. The van der Waals surface area contributed by atoms with E-state index in [4.69, 9.17) is 0 Å². The van der Waals surface area contributed by atoms with Gasteiger partial charge >= 0.3 is 0 Å². The Morgan fingerprint density at radius 1 is 0.286 bits per heavy atom. The molecule has 0 saturated carbocycles. The van der Waals surface area contributed by atoms with Gasteiger partial charge in [-0.05, 0) is 109 Å². The maximum Gasteiger partial charge on any atom is 0.0713 e. The third-order valence-electron chi connectivity index (χ3n) is 13.0. The van der Waals surface area contributed by atoms with Gasteiger partial charge in [0.25, 0.3) is 0 Å². The molecule has 1 aromatic heterocycles. The molecule has 11 aromatic rings. The van der Waals surface area contributed by atoms with Crippen molar-refractivity contribution >= 4 is 48.6 Å². The molecule has 0 N–H and O–H groups in total. The molecule has 0 aliphatic heterocycles. The largest absolute Gasteiger partial charge is 0.311 e. The fraction of sp³-hybridized carbons (Fsp3) is 0.0164. The zero-order valence-electron chi connectivity index (χ0n) is 34.5. The highest BCUT2D eigenvalue weighted by molar-refractivity contribution is 7.26. The smallest absolute Gasteiger partial charge is 0.0713 e. The lowest BCUT2D eigenvalue weighted by molar-refractivity contribution is 0.768. The van der Waals surface area contributed by atoms with Crippen LogP contribution in [-0.4, -0.2) is 0 Å². The van der Waals surface area contributed by atoms with Crippen molar-refractivity contribution in [2.75, 3.05) is 4.90 Å². The van der Waals surface area contributed by atoms with Crippen molar-refractivity contribution in [3.8, 4) is 44.5 Å². The fourth-order valence-corrected chi connectivity index (χ4v) is 11.4. The standard InChI is InChI=1S/C61H41NS/c1-3-16-42(17-4-1)50-20-7-8-21-51(50)43-30-36-47(37-31-43)62(48-38-32-44(33-39-48)52-25-15-26-56-55-24-11-14-29-59(55)63-60(52)56)49-40-34-46(35-41-49)61(45-18-5-2-6-19-45)57-27-12-9-22-53(57)54-23-10-13-28-58(54)61/h1-41H. The first-order chi connectivity index (χ1) is 31.3. The van der Waals surface area contributed by atoms with E-state index in [1.54, 1.807) is 0 Å². The number of hydrogen-bond acceptors (Lipinski definition) is 2. The Hall–Kier alpha value is -7.78. The van der Waals surface area contributed by atoms with E-state index in [1.165, 1.54) is 86.9 Å². The molecule has 0 fully saturated rings. The monoisotopic (exact) mass is 819 g/mol. The molecule has 0 unspecified atom stereocenters. The Bertz CT molecular complexity index is 3370. The molecular formula is C61H41NS. The van der Waals surface area contributed by atoms with Crippen LogP contribution in [0.4, 0.5) is 17.1 Å². The Labute approximate surface area is 372 Å². The fourth-order valence-electron chi connectivity index (χ4n) is 10.2. The summed E-state index contributed by atoms with van der Waals surface area (Å²) >= 11 is 1.88. The van der Waals surface area contributed by atoms with Crippen LogP contribution in [0.3, 0.4) is 0 Å². The minimum Gasteiger partial charge on any atom is -0.311 e. The van der Waals surface area contributed by atoms with Crippen LogP contribution in [0.25, 0.3) is 64.7 Å². The SMILES string of the molecule is c1ccc(-c2ccccc2-c2ccc(N(c3ccc(-c4cccc5c4sc4ccccc45)cc3)c3ccc(C4(c5ccccc5)c5ccccc5-c5ccccc54)cc3)cc2)cc1. The average Bonchev–Trinajstić information content (AvgIpc) is 3.90. The van der Waals surface area contributed by atoms with E-state index in [1.807, 2.05) is 11.3 Å². The lowest BCUT2D eigenvalue weighted by Gasteiger charge is -2.34. The normalized spacial score (nSPS) is 12.6. The van der Waals surface area contributed by atoms with Crippen molar-refractivity contribution in [1.82, 2.24) is 0 Å². The molecule has 0 spiro atoms. The number of benzene rings is 10. The highest BCUT2D eigenvalue weighted by Crippen LogP contribution is 2.56. The van der Waals surface area contributed by atoms with Gasteiger partial charge in [0.1, 0.15) is 0 Å². The van der Waals surface area contributed by atoms with E-state index in [9.17, 15) is 0 Å². The first kappa shape index (κ1) is 37.0. The lowest BCUT2D eigenvalue weighted by atomic mass is 9.68. The van der Waals surface area contributed by atoms with E-state index >= 15 is 0 Å². The number of anilines is 3. The van der Waals surface area contributed by atoms with Crippen molar-refractivity contribution in [2.24, 2.45) is 0 Å². The van der Waals surface area contributed by atoms with Crippen LogP contribution in [0.5, 0.6) is 0 Å². The zero-order chi connectivity index (χ0) is 41.7. The minimum absolute atomic E-state index is 0.457. The van der Waals surface area contributed by atoms with E-state index in [0.29, 0.717) is 0 Å². The van der Waals surface area contributed by atoms with Crippen LogP contribution in [0, 0.1) is 0 Å². The molecule has 2 heteroatoms. The second-order valence-electron chi connectivity index (χ2n) is 16.4. The third kappa shape index (κ3) is 6.06. The van der Waals surface area contributed by atoms with Gasteiger partial charge in [-0.1, -0.05) is 206 Å². The highest BCUT2D eigenvalue weighted by Gasteiger charge is 2.45. The van der Waals surface area contributed by atoms with Crippen molar-refractivity contribution < 1.29 is 0 Å². The summed E-state index contributed by atoms with van der Waals surface area (Å²) in [5.41, 5.74) is 17.9. The molecule has 0 saturated heterocycles. The van der Waals surface area contributed by atoms with Crippen molar-refractivity contribution in [1.29, 1.82) is 0 Å². The molecule has 0 bridgehead atoms. The van der Waals surface area contributed by atoms with Gasteiger partial charge in [-0.15, -0.1) is 11.3 Å². The second-order valence-corrected chi connectivity index (χ2v) is 17.4. The van der Waals surface area contributed by atoms with Crippen molar-refractivity contribution in [3.63, 3.8) is 0 Å². The topological polar surface area (TPSA) is 3.24 Å². The maximum atomic E-state index is 2.40. The quantitative estimate of drug-likeness (QED) is 0.148. The Kier molecular flexibility index (Phi) is 8.98. The van der Waals surface area contributed by atoms with Crippen LogP contribution < -0.4 is 4.90 Å². The average molecular weight is 820 g/mol. The molecule has 63 heavy (non-hydrogen) atoms. The molecule has 12 rings (SSSR count). The van der Waals surface area contributed by atoms with Gasteiger partial charge in [-0.2, -0.15) is 0 Å². The zero-order valence-corrected chi connectivity index (χ0v) is 35.3. The molecule has 10 aromatic carbocycles. The molecule has 1 heterocycles. The molecule has 0 radical (unpaired) electrons. The second kappa shape index (κ2) is 15.3. The number of hydrogen-bond donors (Lipinski definition) is 0. The molecule has 296 valence electrons. The van der Waals surface area contributed by atoms with E-state index in [0.717, 1.165) is 17.1 Å². The predicted octanol–water partition coefficient (Wildman–Crippen LogP) is 16.9. The molecule has 0 atom stereocenters. The van der Waals surface area contributed by atoms with E-state index < -0.39 is 5.41 Å². The van der Waals surface area contributed by atoms with Gasteiger partial charge in [-0.3, -0.25) is 0 Å². The number of rotatable bonds is 8. The Morgan fingerprint density at radius 2 is 0.698 bits per heavy atom. The summed E-state index contributed by atoms with van der Waals surface area (Å²) < 4.78 is 2.65. The summed E-state index contributed by atoms with van der Waals surface area (Å²) in [5, 5.41) is 2.63. The number of nitrogens with zero attached hydrogens (tertiary/aromatic N) is 1. The van der Waals surface area contributed by atoms with Crippen LogP contribution in [0.1, 0.15) is 22.3 Å². The summed E-state index contributed by atoms with van der Waals surface area (Å²) in [6.45, 7) is 0. The van der Waals surface area contributed by atoms with Crippen molar-refractivity contribution in [3.05, 3.63) is 271 Å². The van der Waals surface area contributed by atoms with Crippen LogP contribution >= 0.6 is 11.3 Å². The minimum atomic E-state index is -0.457. The predicted molar refractivity (Wildman–Crippen MR) is 268 cm³/mol. The first-order valence-corrected chi connectivity index (χ1v) is 22.5. The Balaban J connectivity index is 0.990. The maximum absolute atomic E-state index is 2.40. The van der Waals surface area contributed by atoms with Gasteiger partial charge in [0.15, 0.2) is 0 Å². The summed E-state index contributed by atoms with van der Waals surface area (Å²) in [6, 6.07) is 91.3. The first-order valence-electron chi connectivity index (χ1n) is 21.7. The van der Waals surface area contributed by atoms with E-state index in [-0.39, 0.29) is 0 Å². The summed E-state index contributed by atoms with van der Waals surface area (Å²) in [6.07, 6.45) is 0. The van der Waals surface area contributed by atoms with Gasteiger partial charge in [0.2, 0.25) is 0 Å². The summed E-state index contributed by atoms with van der Waals surface area (Å²) in [4.78, 5) is 2.40. The summed E-state index contributed by atoms with van der Waals surface area (Å²) in [7, 11) is 0. The van der Waals surface area contributed by atoms with Gasteiger partial charge in [0.05, 0.1) is 5.41 Å². The number of thiophene rings is 1. The molecule has 1 aliphatic rings. The molecule has 1 nitrogen and oxygen atoms in total. The third-order valence-corrected chi connectivity index (χ3v) is 14.2.